The molecule has 2 rings (SSSR count). The lowest BCUT2D eigenvalue weighted by atomic mass is 10.0. The van der Waals surface area contributed by atoms with Crippen molar-refractivity contribution in [1.29, 1.82) is 5.41 Å². The van der Waals surface area contributed by atoms with Crippen LogP contribution < -0.4 is 10.5 Å². The molecule has 0 atom stereocenters. The lowest BCUT2D eigenvalue weighted by molar-refractivity contribution is 0.0491. The van der Waals surface area contributed by atoms with Gasteiger partial charge in [-0.05, 0) is 37.0 Å². The Morgan fingerprint density at radius 3 is 2.78 bits per heavy atom. The number of hydrogen-bond acceptors (Lipinski definition) is 3. The molecular weight excluding hydrogens is 235 g/mol. The van der Waals surface area contributed by atoms with Gasteiger partial charge in [-0.3, -0.25) is 5.41 Å². The first kappa shape index (κ1) is 12.8. The third kappa shape index (κ3) is 3.20. The van der Waals surface area contributed by atoms with Crippen molar-refractivity contribution in [2.24, 2.45) is 11.7 Å². The van der Waals surface area contributed by atoms with E-state index in [1.54, 1.807) is 6.07 Å². The van der Waals surface area contributed by atoms with E-state index in [4.69, 9.17) is 20.6 Å². The molecule has 0 spiro atoms. The summed E-state index contributed by atoms with van der Waals surface area (Å²) in [5, 5.41) is 7.22. The van der Waals surface area contributed by atoms with Crippen molar-refractivity contribution < 1.29 is 13.9 Å². The van der Waals surface area contributed by atoms with E-state index in [2.05, 4.69) is 0 Å². The first-order valence-corrected chi connectivity index (χ1v) is 6.01. The Morgan fingerprint density at radius 2 is 2.17 bits per heavy atom. The summed E-state index contributed by atoms with van der Waals surface area (Å²) in [6.45, 7) is 2.00. The van der Waals surface area contributed by atoms with E-state index in [0.717, 1.165) is 26.1 Å². The first-order chi connectivity index (χ1) is 8.66. The van der Waals surface area contributed by atoms with Crippen LogP contribution in [-0.2, 0) is 4.74 Å². The van der Waals surface area contributed by atoms with E-state index < -0.39 is 5.82 Å². The minimum Gasteiger partial charge on any atom is -0.490 e. The van der Waals surface area contributed by atoms with Crippen LogP contribution in [-0.4, -0.2) is 25.7 Å². The van der Waals surface area contributed by atoms with Gasteiger partial charge in [0.25, 0.3) is 0 Å². The van der Waals surface area contributed by atoms with Gasteiger partial charge in [0, 0.05) is 18.8 Å². The zero-order valence-corrected chi connectivity index (χ0v) is 10.1. The van der Waals surface area contributed by atoms with E-state index in [1.165, 1.54) is 12.1 Å². The van der Waals surface area contributed by atoms with Crippen LogP contribution in [0.4, 0.5) is 4.39 Å². The second-order valence-corrected chi connectivity index (χ2v) is 4.43. The third-order valence-corrected chi connectivity index (χ3v) is 3.06. The number of benzene rings is 1. The smallest absolute Gasteiger partial charge is 0.165 e. The molecular formula is C13H17FN2O2. The minimum absolute atomic E-state index is 0.148. The normalized spacial score (nSPS) is 16.5. The van der Waals surface area contributed by atoms with Crippen molar-refractivity contribution in [2.75, 3.05) is 19.8 Å². The summed E-state index contributed by atoms with van der Waals surface area (Å²) >= 11 is 0. The number of amidine groups is 1. The topological polar surface area (TPSA) is 68.3 Å². The average molecular weight is 252 g/mol. The van der Waals surface area contributed by atoms with Gasteiger partial charge in [0.2, 0.25) is 0 Å². The Labute approximate surface area is 105 Å². The molecule has 0 saturated carbocycles. The van der Waals surface area contributed by atoms with Crippen molar-refractivity contribution in [3.8, 4) is 5.75 Å². The lowest BCUT2D eigenvalue weighted by Gasteiger charge is -2.22. The molecule has 1 heterocycles. The Morgan fingerprint density at radius 1 is 1.44 bits per heavy atom. The third-order valence-electron chi connectivity index (χ3n) is 3.06. The number of hydrogen-bond donors (Lipinski definition) is 2. The SMILES string of the molecule is N=C(N)c1ccc(OCC2CCOCC2)c(F)c1. The van der Waals surface area contributed by atoms with Crippen LogP contribution in [0.5, 0.6) is 5.75 Å². The van der Waals surface area contributed by atoms with Crippen molar-refractivity contribution >= 4 is 5.84 Å². The minimum atomic E-state index is -0.477. The highest BCUT2D eigenvalue weighted by Gasteiger charge is 2.15. The molecule has 0 aromatic heterocycles. The van der Waals surface area contributed by atoms with Gasteiger partial charge < -0.3 is 15.2 Å². The van der Waals surface area contributed by atoms with Gasteiger partial charge in [0.1, 0.15) is 5.84 Å². The molecule has 0 aliphatic carbocycles. The van der Waals surface area contributed by atoms with Gasteiger partial charge in [-0.1, -0.05) is 0 Å². The predicted molar refractivity (Wildman–Crippen MR) is 66.5 cm³/mol. The standard InChI is InChI=1S/C13H17FN2O2/c14-11-7-10(13(15)16)1-2-12(11)18-8-9-3-5-17-6-4-9/h1-2,7,9H,3-6,8H2,(H3,15,16). The van der Waals surface area contributed by atoms with Crippen LogP contribution in [0.3, 0.4) is 0 Å². The summed E-state index contributed by atoms with van der Waals surface area (Å²) in [5.74, 6) is 0.0109. The number of ether oxygens (including phenoxy) is 2. The van der Waals surface area contributed by atoms with Gasteiger partial charge in [-0.2, -0.15) is 0 Å². The molecule has 0 bridgehead atoms. The molecule has 18 heavy (non-hydrogen) atoms. The molecule has 0 radical (unpaired) electrons. The monoisotopic (exact) mass is 252 g/mol. The van der Waals surface area contributed by atoms with Gasteiger partial charge in [-0.15, -0.1) is 0 Å². The summed E-state index contributed by atoms with van der Waals surface area (Å²) in [6, 6.07) is 4.33. The Balaban J connectivity index is 1.94. The fourth-order valence-corrected chi connectivity index (χ4v) is 1.91. The maximum Gasteiger partial charge on any atom is 0.165 e. The summed E-state index contributed by atoms with van der Waals surface area (Å²) < 4.78 is 24.4. The number of nitrogen functional groups attached to an aromatic ring is 1. The van der Waals surface area contributed by atoms with Gasteiger partial charge >= 0.3 is 0 Å². The molecule has 1 aromatic rings. The maximum atomic E-state index is 13.7. The summed E-state index contributed by atoms with van der Waals surface area (Å²) in [7, 11) is 0. The van der Waals surface area contributed by atoms with Crippen molar-refractivity contribution in [3.63, 3.8) is 0 Å². The van der Waals surface area contributed by atoms with Crippen molar-refractivity contribution in [2.45, 2.75) is 12.8 Å². The fraction of sp³-hybridized carbons (Fsp3) is 0.462. The number of halogens is 1. The van der Waals surface area contributed by atoms with E-state index in [0.29, 0.717) is 18.1 Å². The molecule has 1 aliphatic rings. The van der Waals surface area contributed by atoms with E-state index in [1.807, 2.05) is 0 Å². The van der Waals surface area contributed by atoms with Crippen LogP contribution in [0.1, 0.15) is 18.4 Å². The highest BCUT2D eigenvalue weighted by atomic mass is 19.1. The molecule has 4 nitrogen and oxygen atoms in total. The second-order valence-electron chi connectivity index (χ2n) is 4.43. The summed E-state index contributed by atoms with van der Waals surface area (Å²) in [5.41, 5.74) is 5.65. The van der Waals surface area contributed by atoms with Crippen LogP contribution >= 0.6 is 0 Å². The number of rotatable bonds is 4. The van der Waals surface area contributed by atoms with Crippen LogP contribution in [0.25, 0.3) is 0 Å². The molecule has 0 amide bonds. The number of nitrogens with two attached hydrogens (primary N) is 1. The van der Waals surface area contributed by atoms with Gasteiger partial charge in [0.15, 0.2) is 11.6 Å². The highest BCUT2D eigenvalue weighted by molar-refractivity contribution is 5.95. The summed E-state index contributed by atoms with van der Waals surface area (Å²) in [6.07, 6.45) is 1.90. The zero-order valence-electron chi connectivity index (χ0n) is 10.1. The zero-order chi connectivity index (χ0) is 13.0. The molecule has 1 saturated heterocycles. The van der Waals surface area contributed by atoms with Crippen LogP contribution in [0, 0.1) is 17.1 Å². The van der Waals surface area contributed by atoms with E-state index in [9.17, 15) is 4.39 Å². The lowest BCUT2D eigenvalue weighted by Crippen LogP contribution is -2.21. The fourth-order valence-electron chi connectivity index (χ4n) is 1.91. The summed E-state index contributed by atoms with van der Waals surface area (Å²) in [4.78, 5) is 0. The second kappa shape index (κ2) is 5.82. The van der Waals surface area contributed by atoms with E-state index >= 15 is 0 Å². The average Bonchev–Trinajstić information content (AvgIpc) is 2.38. The molecule has 1 fully saturated rings. The Hall–Kier alpha value is -1.62. The number of nitrogens with one attached hydrogen (secondary N) is 1. The Kier molecular flexibility index (Phi) is 4.15. The van der Waals surface area contributed by atoms with Gasteiger partial charge in [0.05, 0.1) is 6.61 Å². The van der Waals surface area contributed by atoms with Crippen LogP contribution in [0.2, 0.25) is 0 Å². The van der Waals surface area contributed by atoms with Crippen molar-refractivity contribution in [3.05, 3.63) is 29.6 Å². The van der Waals surface area contributed by atoms with E-state index in [-0.39, 0.29) is 11.6 Å². The Bertz CT molecular complexity index is 431. The molecule has 1 aromatic carbocycles. The van der Waals surface area contributed by atoms with Crippen LogP contribution in [0.15, 0.2) is 18.2 Å². The first-order valence-electron chi connectivity index (χ1n) is 6.01. The quantitative estimate of drug-likeness (QED) is 0.635. The molecule has 98 valence electrons. The van der Waals surface area contributed by atoms with Crippen molar-refractivity contribution in [1.82, 2.24) is 0 Å². The largest absolute Gasteiger partial charge is 0.490 e. The maximum absolute atomic E-state index is 13.7. The molecule has 0 unspecified atom stereocenters. The molecule has 3 N–H and O–H groups in total. The highest BCUT2D eigenvalue weighted by Crippen LogP contribution is 2.21. The molecule has 1 aliphatic heterocycles. The molecule has 5 heteroatoms. The van der Waals surface area contributed by atoms with Gasteiger partial charge in [-0.25, -0.2) is 4.39 Å². The predicted octanol–water partition coefficient (Wildman–Crippen LogP) is 1.92.